The Hall–Kier alpha value is -1.96. The van der Waals surface area contributed by atoms with Crippen molar-refractivity contribution >= 4 is 0 Å². The molecule has 5 nitrogen and oxygen atoms in total. The minimum absolute atomic E-state index is 0.259. The highest BCUT2D eigenvalue weighted by atomic mass is 19.4. The number of halogens is 3. The molecule has 0 aliphatic carbocycles. The molecular weight excluding hydrogens is 283 g/mol. The van der Waals surface area contributed by atoms with Crippen molar-refractivity contribution in [2.24, 2.45) is 5.92 Å². The van der Waals surface area contributed by atoms with Gasteiger partial charge < -0.3 is 5.32 Å². The van der Waals surface area contributed by atoms with Crippen molar-refractivity contribution in [3.05, 3.63) is 36.0 Å². The van der Waals surface area contributed by atoms with Crippen LogP contribution < -0.4 is 5.32 Å². The van der Waals surface area contributed by atoms with E-state index in [0.29, 0.717) is 18.2 Å². The van der Waals surface area contributed by atoms with Crippen LogP contribution in [0.1, 0.15) is 25.1 Å². The number of alkyl halides is 3. The average Bonchev–Trinajstić information content (AvgIpc) is 2.88. The maximum atomic E-state index is 12.5. The molecule has 0 saturated heterocycles. The van der Waals surface area contributed by atoms with Crippen molar-refractivity contribution < 1.29 is 13.2 Å². The molecule has 0 aliphatic heterocycles. The number of nitrogens with one attached hydrogen (secondary N) is 1. The Morgan fingerprint density at radius 2 is 2.00 bits per heavy atom. The van der Waals surface area contributed by atoms with Gasteiger partial charge in [0.25, 0.3) is 0 Å². The van der Waals surface area contributed by atoms with Crippen molar-refractivity contribution in [3.8, 4) is 5.82 Å². The smallest absolute Gasteiger partial charge is 0.311 e. The topological polar surface area (TPSA) is 55.6 Å². The Balaban J connectivity index is 2.12. The number of rotatable bonds is 5. The lowest BCUT2D eigenvalue weighted by atomic mass is 10.2. The van der Waals surface area contributed by atoms with Gasteiger partial charge in [0.1, 0.15) is 0 Å². The fourth-order valence-corrected chi connectivity index (χ4v) is 1.67. The highest BCUT2D eigenvalue weighted by molar-refractivity contribution is 5.22. The van der Waals surface area contributed by atoms with Gasteiger partial charge in [0.15, 0.2) is 5.82 Å². The maximum absolute atomic E-state index is 12.5. The van der Waals surface area contributed by atoms with E-state index in [0.717, 1.165) is 23.6 Å². The number of aromatic nitrogens is 4. The minimum atomic E-state index is -4.41. The third kappa shape index (κ3) is 4.25. The van der Waals surface area contributed by atoms with Crippen LogP contribution in [-0.4, -0.2) is 26.3 Å². The first kappa shape index (κ1) is 15.4. The van der Waals surface area contributed by atoms with Crippen LogP contribution >= 0.6 is 0 Å². The first-order valence-corrected chi connectivity index (χ1v) is 6.50. The molecule has 0 amide bonds. The van der Waals surface area contributed by atoms with Crippen LogP contribution in [0.5, 0.6) is 0 Å². The highest BCUT2D eigenvalue weighted by Crippen LogP contribution is 2.28. The Labute approximate surface area is 120 Å². The van der Waals surface area contributed by atoms with E-state index in [4.69, 9.17) is 0 Å². The van der Waals surface area contributed by atoms with Crippen molar-refractivity contribution in [3.63, 3.8) is 0 Å². The average molecular weight is 299 g/mol. The zero-order chi connectivity index (χ0) is 15.5. The molecule has 0 unspecified atom stereocenters. The highest BCUT2D eigenvalue weighted by Gasteiger charge is 2.32. The first-order chi connectivity index (χ1) is 9.86. The van der Waals surface area contributed by atoms with Gasteiger partial charge in [0, 0.05) is 18.9 Å². The SMILES string of the molecule is CC(C)CNCc1cncc(-n2cc(C(F)(F)F)cn2)n1. The summed E-state index contributed by atoms with van der Waals surface area (Å²) in [7, 11) is 0. The van der Waals surface area contributed by atoms with Crippen LogP contribution in [0, 0.1) is 5.92 Å². The monoisotopic (exact) mass is 299 g/mol. The van der Waals surface area contributed by atoms with E-state index in [2.05, 4.69) is 34.2 Å². The summed E-state index contributed by atoms with van der Waals surface area (Å²) in [5.41, 5.74) is -0.162. The standard InChI is InChI=1S/C13H16F3N5/c1-9(2)3-17-5-11-6-18-7-12(20-11)21-8-10(4-19-21)13(14,15)16/h4,6-9,17H,3,5H2,1-2H3. The molecule has 8 heteroatoms. The van der Waals surface area contributed by atoms with E-state index in [-0.39, 0.29) is 5.82 Å². The molecule has 21 heavy (non-hydrogen) atoms. The molecule has 2 heterocycles. The summed E-state index contributed by atoms with van der Waals surface area (Å²) >= 11 is 0. The molecule has 0 atom stereocenters. The van der Waals surface area contributed by atoms with Crippen molar-refractivity contribution in [1.29, 1.82) is 0 Å². The van der Waals surface area contributed by atoms with Gasteiger partial charge in [0.2, 0.25) is 0 Å². The molecule has 0 aromatic carbocycles. The van der Waals surface area contributed by atoms with Gasteiger partial charge in [-0.3, -0.25) is 4.98 Å². The van der Waals surface area contributed by atoms with Crippen LogP contribution in [-0.2, 0) is 12.7 Å². The zero-order valence-corrected chi connectivity index (χ0v) is 11.7. The summed E-state index contributed by atoms with van der Waals surface area (Å²) in [6, 6.07) is 0. The largest absolute Gasteiger partial charge is 0.419 e. The van der Waals surface area contributed by atoms with Crippen molar-refractivity contribution in [2.45, 2.75) is 26.6 Å². The predicted molar refractivity (Wildman–Crippen MR) is 70.7 cm³/mol. The van der Waals surface area contributed by atoms with Crippen LogP contribution in [0.25, 0.3) is 5.82 Å². The normalized spacial score (nSPS) is 12.1. The third-order valence-corrected chi connectivity index (χ3v) is 2.68. The second-order valence-electron chi connectivity index (χ2n) is 5.06. The summed E-state index contributed by atoms with van der Waals surface area (Å²) in [6.45, 7) is 5.49. The summed E-state index contributed by atoms with van der Waals surface area (Å²) < 4.78 is 38.7. The minimum Gasteiger partial charge on any atom is -0.311 e. The van der Waals surface area contributed by atoms with Gasteiger partial charge in [-0.25, -0.2) is 9.67 Å². The van der Waals surface area contributed by atoms with Gasteiger partial charge in [-0.1, -0.05) is 13.8 Å². The van der Waals surface area contributed by atoms with E-state index >= 15 is 0 Å². The Kier molecular flexibility index (Phi) is 4.56. The van der Waals surface area contributed by atoms with Gasteiger partial charge in [0.05, 0.1) is 23.7 Å². The fourth-order valence-electron chi connectivity index (χ4n) is 1.67. The lowest BCUT2D eigenvalue weighted by Gasteiger charge is -2.07. The summed E-state index contributed by atoms with van der Waals surface area (Å²) in [4.78, 5) is 8.23. The quantitative estimate of drug-likeness (QED) is 0.921. The van der Waals surface area contributed by atoms with Crippen LogP contribution in [0.15, 0.2) is 24.8 Å². The summed E-state index contributed by atoms with van der Waals surface area (Å²) in [5, 5.41) is 6.87. The lowest BCUT2D eigenvalue weighted by Crippen LogP contribution is -2.20. The first-order valence-electron chi connectivity index (χ1n) is 6.50. The molecule has 0 saturated carbocycles. The third-order valence-electron chi connectivity index (χ3n) is 2.68. The number of hydrogen-bond acceptors (Lipinski definition) is 4. The summed E-state index contributed by atoms with van der Waals surface area (Å²) in [6.07, 6.45) is 0.201. The van der Waals surface area contributed by atoms with E-state index in [1.807, 2.05) is 0 Å². The summed E-state index contributed by atoms with van der Waals surface area (Å²) in [5.74, 6) is 0.760. The molecule has 2 aromatic rings. The molecule has 1 N–H and O–H groups in total. The van der Waals surface area contributed by atoms with Crippen LogP contribution in [0.2, 0.25) is 0 Å². The number of hydrogen-bond donors (Lipinski definition) is 1. The Bertz CT molecular complexity index is 591. The fraction of sp³-hybridized carbons (Fsp3) is 0.462. The molecule has 2 aromatic heterocycles. The van der Waals surface area contributed by atoms with Crippen LogP contribution in [0.3, 0.4) is 0 Å². The van der Waals surface area contributed by atoms with Crippen molar-refractivity contribution in [2.75, 3.05) is 6.54 Å². The molecule has 0 fully saturated rings. The molecule has 0 aliphatic rings. The second-order valence-corrected chi connectivity index (χ2v) is 5.06. The molecule has 0 spiro atoms. The van der Waals surface area contributed by atoms with E-state index in [1.165, 1.54) is 6.20 Å². The molecule has 0 bridgehead atoms. The maximum Gasteiger partial charge on any atom is 0.419 e. The van der Waals surface area contributed by atoms with Gasteiger partial charge in [-0.2, -0.15) is 18.3 Å². The Morgan fingerprint density at radius 3 is 2.62 bits per heavy atom. The molecule has 0 radical (unpaired) electrons. The molecule has 114 valence electrons. The molecular formula is C13H16F3N5. The second kappa shape index (κ2) is 6.21. The van der Waals surface area contributed by atoms with Gasteiger partial charge >= 0.3 is 6.18 Å². The number of nitrogens with zero attached hydrogens (tertiary/aromatic N) is 4. The van der Waals surface area contributed by atoms with E-state index in [1.54, 1.807) is 6.20 Å². The van der Waals surface area contributed by atoms with Crippen molar-refractivity contribution in [1.82, 2.24) is 25.1 Å². The lowest BCUT2D eigenvalue weighted by molar-refractivity contribution is -0.137. The molecule has 2 rings (SSSR count). The van der Waals surface area contributed by atoms with E-state index < -0.39 is 11.7 Å². The zero-order valence-electron chi connectivity index (χ0n) is 11.7. The van der Waals surface area contributed by atoms with Gasteiger partial charge in [-0.05, 0) is 12.5 Å². The predicted octanol–water partition coefficient (Wildman–Crippen LogP) is 2.43. The Morgan fingerprint density at radius 1 is 1.24 bits per heavy atom. The van der Waals surface area contributed by atoms with Crippen LogP contribution in [0.4, 0.5) is 13.2 Å². The van der Waals surface area contributed by atoms with Gasteiger partial charge in [-0.15, -0.1) is 0 Å². The van der Waals surface area contributed by atoms with E-state index in [9.17, 15) is 13.2 Å².